The normalized spacial score (nSPS) is 10.6. The molecule has 0 aliphatic carbocycles. The van der Waals surface area contributed by atoms with Gasteiger partial charge in [0.1, 0.15) is 18.4 Å². The average Bonchev–Trinajstić information content (AvgIpc) is 3.32. The molecule has 0 bridgehead atoms. The van der Waals surface area contributed by atoms with Crippen molar-refractivity contribution in [1.82, 2.24) is 4.98 Å². The second kappa shape index (κ2) is 9.53. The Kier molecular flexibility index (Phi) is 6.56. The number of benzene rings is 2. The molecule has 0 aliphatic heterocycles. The van der Waals surface area contributed by atoms with Gasteiger partial charge in [0.25, 0.3) is 0 Å². The molecule has 32 heavy (non-hydrogen) atoms. The Morgan fingerprint density at radius 2 is 1.88 bits per heavy atom. The van der Waals surface area contributed by atoms with Crippen molar-refractivity contribution in [3.05, 3.63) is 68.5 Å². The van der Waals surface area contributed by atoms with E-state index in [1.807, 2.05) is 17.5 Å². The quantitative estimate of drug-likeness (QED) is 0.309. The van der Waals surface area contributed by atoms with Crippen LogP contribution in [0.1, 0.15) is 10.4 Å². The lowest BCUT2D eigenvalue weighted by Gasteiger charge is -2.16. The van der Waals surface area contributed by atoms with Crippen LogP contribution >= 0.6 is 34.5 Å². The lowest BCUT2D eigenvalue weighted by atomic mass is 10.1. The Labute approximate surface area is 198 Å². The minimum absolute atomic E-state index is 0.344. The van der Waals surface area contributed by atoms with Gasteiger partial charge >= 0.3 is 0 Å². The van der Waals surface area contributed by atoms with Crippen LogP contribution in [0.25, 0.3) is 10.9 Å². The minimum atomic E-state index is 0.344. The number of nitrogens with one attached hydrogen (secondary N) is 1. The highest BCUT2D eigenvalue weighted by molar-refractivity contribution is 7.09. The summed E-state index contributed by atoms with van der Waals surface area (Å²) in [7, 11) is 3.08. The van der Waals surface area contributed by atoms with Crippen LogP contribution in [-0.4, -0.2) is 19.2 Å². The van der Waals surface area contributed by atoms with E-state index in [0.717, 1.165) is 4.88 Å². The van der Waals surface area contributed by atoms with E-state index in [1.165, 1.54) is 13.3 Å². The average molecular weight is 486 g/mol. The number of fused-ring (bicyclic) bond motifs is 1. The third-order valence-electron chi connectivity index (χ3n) is 4.73. The number of thiophene rings is 1. The third-order valence-corrected chi connectivity index (χ3v) is 6.18. The summed E-state index contributed by atoms with van der Waals surface area (Å²) in [6.07, 6.45) is 1.50. The number of hydrogen-bond donors (Lipinski definition) is 1. The first-order valence-electron chi connectivity index (χ1n) is 9.40. The predicted octanol–water partition coefficient (Wildman–Crippen LogP) is 6.81. The summed E-state index contributed by atoms with van der Waals surface area (Å²) in [5.41, 5.74) is 2.04. The van der Waals surface area contributed by atoms with Gasteiger partial charge in [-0.25, -0.2) is 0 Å². The largest absolute Gasteiger partial charge is 0.495 e. The number of aromatic nitrogens is 1. The topological polar surface area (TPSA) is 76.4 Å². The Morgan fingerprint density at radius 3 is 2.56 bits per heavy atom. The van der Waals surface area contributed by atoms with Crippen LogP contribution in [-0.2, 0) is 6.61 Å². The van der Waals surface area contributed by atoms with E-state index in [-0.39, 0.29) is 0 Å². The SMILES string of the molecule is COc1cc(Nc2c(C#N)cnc3cc(OCc4cccs4)c(OC)cc23)c(Cl)cc1Cl. The molecule has 2 heterocycles. The van der Waals surface area contributed by atoms with Crippen LogP contribution in [0, 0.1) is 11.3 Å². The summed E-state index contributed by atoms with van der Waals surface area (Å²) >= 11 is 14.2. The second-order valence-corrected chi connectivity index (χ2v) is 8.49. The van der Waals surface area contributed by atoms with E-state index in [9.17, 15) is 5.26 Å². The smallest absolute Gasteiger partial charge is 0.163 e. The van der Waals surface area contributed by atoms with Gasteiger partial charge < -0.3 is 19.5 Å². The van der Waals surface area contributed by atoms with Crippen molar-refractivity contribution in [3.63, 3.8) is 0 Å². The summed E-state index contributed by atoms with van der Waals surface area (Å²) in [6.45, 7) is 0.418. The van der Waals surface area contributed by atoms with Crippen LogP contribution in [0.15, 0.2) is 48.0 Å². The molecule has 2 aromatic carbocycles. The molecule has 0 radical (unpaired) electrons. The first-order valence-corrected chi connectivity index (χ1v) is 11.0. The van der Waals surface area contributed by atoms with E-state index in [0.29, 0.717) is 61.7 Å². The molecule has 0 saturated carbocycles. The van der Waals surface area contributed by atoms with Gasteiger partial charge in [-0.15, -0.1) is 11.3 Å². The minimum Gasteiger partial charge on any atom is -0.495 e. The zero-order chi connectivity index (χ0) is 22.7. The number of rotatable bonds is 7. The highest BCUT2D eigenvalue weighted by atomic mass is 35.5. The van der Waals surface area contributed by atoms with Crippen molar-refractivity contribution < 1.29 is 14.2 Å². The Morgan fingerprint density at radius 1 is 1.06 bits per heavy atom. The van der Waals surface area contributed by atoms with Crippen molar-refractivity contribution >= 4 is 56.8 Å². The first kappa shape index (κ1) is 22.0. The van der Waals surface area contributed by atoms with Crippen LogP contribution in [0.4, 0.5) is 11.4 Å². The molecular weight excluding hydrogens is 469 g/mol. The van der Waals surface area contributed by atoms with Crippen molar-refractivity contribution in [2.45, 2.75) is 6.61 Å². The fraction of sp³-hybridized carbons (Fsp3) is 0.130. The lowest BCUT2D eigenvalue weighted by Crippen LogP contribution is -2.00. The maximum Gasteiger partial charge on any atom is 0.163 e. The first-order chi connectivity index (χ1) is 15.5. The van der Waals surface area contributed by atoms with Gasteiger partial charge in [0, 0.05) is 28.6 Å². The van der Waals surface area contributed by atoms with Gasteiger partial charge in [-0.1, -0.05) is 29.3 Å². The van der Waals surface area contributed by atoms with Crippen LogP contribution in [0.2, 0.25) is 10.0 Å². The number of hydrogen-bond acceptors (Lipinski definition) is 7. The van der Waals surface area contributed by atoms with E-state index in [1.54, 1.807) is 42.7 Å². The number of nitrogens with zero attached hydrogens (tertiary/aromatic N) is 2. The molecule has 6 nitrogen and oxygen atoms in total. The van der Waals surface area contributed by atoms with Gasteiger partial charge in [0.2, 0.25) is 0 Å². The van der Waals surface area contributed by atoms with Gasteiger partial charge in [-0.3, -0.25) is 4.98 Å². The molecule has 0 saturated heterocycles. The molecule has 4 rings (SSSR count). The molecular formula is C23H17Cl2N3O3S. The zero-order valence-corrected chi connectivity index (χ0v) is 19.4. The van der Waals surface area contributed by atoms with E-state index < -0.39 is 0 Å². The van der Waals surface area contributed by atoms with Gasteiger partial charge in [-0.05, 0) is 23.6 Å². The standard InChI is InChI=1S/C23H17Cl2N3O3S/c1-29-20-9-19(16(24)7-17(20)25)28-23-13(10-26)11-27-18-8-22(21(30-2)6-15(18)23)31-12-14-4-3-5-32-14/h3-9,11H,12H2,1-2H3,(H,27,28). The molecule has 2 aromatic heterocycles. The zero-order valence-electron chi connectivity index (χ0n) is 17.1. The number of anilines is 2. The molecule has 0 fully saturated rings. The molecule has 0 unspecified atom stereocenters. The maximum absolute atomic E-state index is 9.68. The van der Waals surface area contributed by atoms with Gasteiger partial charge in [-0.2, -0.15) is 5.26 Å². The fourth-order valence-electron chi connectivity index (χ4n) is 3.15. The van der Waals surface area contributed by atoms with Crippen LogP contribution < -0.4 is 19.5 Å². The third kappa shape index (κ3) is 4.39. The summed E-state index contributed by atoms with van der Waals surface area (Å²) in [4.78, 5) is 5.52. The number of nitriles is 1. The number of halogens is 2. The molecule has 162 valence electrons. The highest BCUT2D eigenvalue weighted by Crippen LogP contribution is 2.40. The molecule has 0 atom stereocenters. The molecule has 1 N–H and O–H groups in total. The van der Waals surface area contributed by atoms with E-state index in [4.69, 9.17) is 37.4 Å². The molecule has 0 aliphatic rings. The summed E-state index contributed by atoms with van der Waals surface area (Å²) in [5, 5.41) is 16.4. The van der Waals surface area contributed by atoms with Crippen molar-refractivity contribution in [2.24, 2.45) is 0 Å². The Hall–Kier alpha value is -3.18. The molecule has 9 heteroatoms. The Bertz CT molecular complexity index is 1320. The molecule has 0 spiro atoms. The number of methoxy groups -OCH3 is 2. The predicted molar refractivity (Wildman–Crippen MR) is 128 cm³/mol. The van der Waals surface area contributed by atoms with Gasteiger partial charge in [0.15, 0.2) is 11.5 Å². The maximum atomic E-state index is 9.68. The van der Waals surface area contributed by atoms with Crippen molar-refractivity contribution in [1.29, 1.82) is 5.26 Å². The summed E-state index contributed by atoms with van der Waals surface area (Å²) in [6, 6.07) is 13.0. The van der Waals surface area contributed by atoms with Crippen LogP contribution in [0.5, 0.6) is 17.2 Å². The number of ether oxygens (including phenoxy) is 3. The van der Waals surface area contributed by atoms with Crippen LogP contribution in [0.3, 0.4) is 0 Å². The molecule has 4 aromatic rings. The Balaban J connectivity index is 1.79. The summed E-state index contributed by atoms with van der Waals surface area (Å²) in [5.74, 6) is 1.54. The lowest BCUT2D eigenvalue weighted by molar-refractivity contribution is 0.288. The molecule has 0 amide bonds. The van der Waals surface area contributed by atoms with Crippen molar-refractivity contribution in [2.75, 3.05) is 19.5 Å². The number of pyridine rings is 1. The van der Waals surface area contributed by atoms with E-state index in [2.05, 4.69) is 16.4 Å². The summed E-state index contributed by atoms with van der Waals surface area (Å²) < 4.78 is 16.8. The second-order valence-electron chi connectivity index (χ2n) is 6.64. The van der Waals surface area contributed by atoms with Crippen molar-refractivity contribution in [3.8, 4) is 23.3 Å². The van der Waals surface area contributed by atoms with E-state index >= 15 is 0 Å². The highest BCUT2D eigenvalue weighted by Gasteiger charge is 2.17. The monoisotopic (exact) mass is 485 g/mol. The van der Waals surface area contributed by atoms with Gasteiger partial charge in [0.05, 0.1) is 46.7 Å². The fourth-order valence-corrected chi connectivity index (χ4v) is 4.27.